The van der Waals surface area contributed by atoms with E-state index in [0.717, 1.165) is 30.9 Å². The fourth-order valence-corrected chi connectivity index (χ4v) is 2.51. The van der Waals surface area contributed by atoms with Crippen LogP contribution in [0.25, 0.3) is 0 Å². The van der Waals surface area contributed by atoms with Crippen molar-refractivity contribution in [2.24, 2.45) is 0 Å². The fraction of sp³-hybridized carbons (Fsp3) is 0.533. The second-order valence-corrected chi connectivity index (χ2v) is 5.34. The van der Waals surface area contributed by atoms with Crippen LogP contribution < -0.4 is 4.90 Å². The van der Waals surface area contributed by atoms with Crippen LogP contribution in [0.5, 0.6) is 0 Å². The highest BCUT2D eigenvalue weighted by molar-refractivity contribution is 5.59. The molecule has 0 amide bonds. The fourth-order valence-electron chi connectivity index (χ4n) is 2.51. The number of anilines is 1. The van der Waals surface area contributed by atoms with Crippen molar-refractivity contribution in [2.75, 3.05) is 31.6 Å². The Hall–Kier alpha value is -1.57. The van der Waals surface area contributed by atoms with Gasteiger partial charge in [-0.25, -0.2) is 0 Å². The Balaban J connectivity index is 2.34. The Morgan fingerprint density at radius 1 is 1.42 bits per heavy atom. The van der Waals surface area contributed by atoms with Crippen LogP contribution in [0.2, 0.25) is 0 Å². The molecule has 1 fully saturated rings. The molecule has 0 aliphatic carbocycles. The molecule has 1 unspecified atom stereocenters. The number of piperazine rings is 1. The Bertz CT molecular complexity index is 493. The normalized spacial score (nSPS) is 22.1. The summed E-state index contributed by atoms with van der Waals surface area (Å²) in [5, 5.41) is 18.9. The van der Waals surface area contributed by atoms with E-state index >= 15 is 0 Å². The SMILES string of the molecule is CC1CN(c2cc(C#N)ccc2[C@H](C)O)CCN1C. The molecule has 1 aromatic rings. The van der Waals surface area contributed by atoms with Gasteiger partial charge < -0.3 is 14.9 Å². The standard InChI is InChI=1S/C15H21N3O/c1-11-10-18(7-6-17(11)3)15-8-13(9-16)4-5-14(15)12(2)19/h4-5,8,11-12,19H,6-7,10H2,1-3H3/t11?,12-/m0/s1. The summed E-state index contributed by atoms with van der Waals surface area (Å²) in [6, 6.07) is 8.17. The maximum atomic E-state index is 9.90. The third-order valence-electron chi connectivity index (χ3n) is 3.91. The van der Waals surface area contributed by atoms with Gasteiger partial charge in [-0.2, -0.15) is 5.26 Å². The van der Waals surface area contributed by atoms with Crippen LogP contribution in [-0.2, 0) is 0 Å². The number of rotatable bonds is 2. The molecular formula is C15H21N3O. The van der Waals surface area contributed by atoms with Gasteiger partial charge in [0.05, 0.1) is 17.7 Å². The van der Waals surface area contributed by atoms with Crippen molar-refractivity contribution in [2.45, 2.75) is 26.0 Å². The van der Waals surface area contributed by atoms with Gasteiger partial charge >= 0.3 is 0 Å². The number of nitrogens with zero attached hydrogens (tertiary/aromatic N) is 3. The van der Waals surface area contributed by atoms with Gasteiger partial charge in [-0.1, -0.05) is 6.07 Å². The summed E-state index contributed by atoms with van der Waals surface area (Å²) in [7, 11) is 2.13. The van der Waals surface area contributed by atoms with Crippen molar-refractivity contribution in [1.29, 1.82) is 5.26 Å². The van der Waals surface area contributed by atoms with Crippen molar-refractivity contribution in [1.82, 2.24) is 4.90 Å². The molecule has 1 aliphatic heterocycles. The molecule has 1 aliphatic rings. The van der Waals surface area contributed by atoms with E-state index in [0.29, 0.717) is 11.6 Å². The van der Waals surface area contributed by atoms with Crippen LogP contribution in [-0.4, -0.2) is 42.7 Å². The van der Waals surface area contributed by atoms with E-state index in [4.69, 9.17) is 5.26 Å². The minimum absolute atomic E-state index is 0.473. The first-order chi connectivity index (χ1) is 9.02. The van der Waals surface area contributed by atoms with Gasteiger partial charge in [-0.15, -0.1) is 0 Å². The molecular weight excluding hydrogens is 238 g/mol. The summed E-state index contributed by atoms with van der Waals surface area (Å²) >= 11 is 0. The monoisotopic (exact) mass is 259 g/mol. The molecule has 102 valence electrons. The van der Waals surface area contributed by atoms with Crippen LogP contribution in [0, 0.1) is 11.3 Å². The van der Waals surface area contributed by atoms with Gasteiger partial charge in [0.2, 0.25) is 0 Å². The predicted molar refractivity (Wildman–Crippen MR) is 76.1 cm³/mol. The highest BCUT2D eigenvalue weighted by Crippen LogP contribution is 2.29. The lowest BCUT2D eigenvalue weighted by Gasteiger charge is -2.40. The van der Waals surface area contributed by atoms with Crippen molar-refractivity contribution >= 4 is 5.69 Å². The molecule has 1 saturated heterocycles. The van der Waals surface area contributed by atoms with Gasteiger partial charge in [0.25, 0.3) is 0 Å². The minimum atomic E-state index is -0.516. The van der Waals surface area contributed by atoms with Gasteiger partial charge in [-0.05, 0) is 33.0 Å². The van der Waals surface area contributed by atoms with Crippen LogP contribution in [0.15, 0.2) is 18.2 Å². The maximum Gasteiger partial charge on any atom is 0.0992 e. The average molecular weight is 259 g/mol. The molecule has 0 spiro atoms. The zero-order valence-corrected chi connectivity index (χ0v) is 11.8. The lowest BCUT2D eigenvalue weighted by Crippen LogP contribution is -2.50. The van der Waals surface area contributed by atoms with Crippen LogP contribution in [0.4, 0.5) is 5.69 Å². The number of hydrogen-bond acceptors (Lipinski definition) is 4. The van der Waals surface area contributed by atoms with E-state index in [1.54, 1.807) is 13.0 Å². The molecule has 19 heavy (non-hydrogen) atoms. The molecule has 0 radical (unpaired) electrons. The third-order valence-corrected chi connectivity index (χ3v) is 3.91. The summed E-state index contributed by atoms with van der Waals surface area (Å²) in [4.78, 5) is 4.60. The van der Waals surface area contributed by atoms with Gasteiger partial charge in [-0.3, -0.25) is 0 Å². The molecule has 4 heteroatoms. The van der Waals surface area contributed by atoms with Gasteiger partial charge in [0.15, 0.2) is 0 Å². The summed E-state index contributed by atoms with van der Waals surface area (Å²) < 4.78 is 0. The van der Waals surface area contributed by atoms with Gasteiger partial charge in [0.1, 0.15) is 0 Å². The highest BCUT2D eigenvalue weighted by Gasteiger charge is 2.23. The summed E-state index contributed by atoms with van der Waals surface area (Å²) in [6.07, 6.45) is -0.516. The lowest BCUT2D eigenvalue weighted by atomic mass is 10.0. The quantitative estimate of drug-likeness (QED) is 0.879. The van der Waals surface area contributed by atoms with Crippen LogP contribution in [0.1, 0.15) is 31.1 Å². The first-order valence-corrected chi connectivity index (χ1v) is 6.70. The molecule has 1 aromatic carbocycles. The Kier molecular flexibility index (Phi) is 4.08. The third kappa shape index (κ3) is 2.89. The summed E-state index contributed by atoms with van der Waals surface area (Å²) in [5.41, 5.74) is 2.54. The molecule has 1 heterocycles. The number of aliphatic hydroxyl groups is 1. The summed E-state index contributed by atoms with van der Waals surface area (Å²) in [6.45, 7) is 6.81. The van der Waals surface area contributed by atoms with E-state index in [2.05, 4.69) is 29.8 Å². The predicted octanol–water partition coefficient (Wildman–Crippen LogP) is 1.75. The van der Waals surface area contributed by atoms with E-state index in [9.17, 15) is 5.11 Å². The second-order valence-electron chi connectivity index (χ2n) is 5.34. The molecule has 0 aromatic heterocycles. The number of hydrogen-bond donors (Lipinski definition) is 1. The Labute approximate surface area is 114 Å². The van der Waals surface area contributed by atoms with Crippen molar-refractivity contribution < 1.29 is 5.11 Å². The lowest BCUT2D eigenvalue weighted by molar-refractivity contribution is 0.198. The first kappa shape index (κ1) is 13.9. The topological polar surface area (TPSA) is 50.5 Å². The largest absolute Gasteiger partial charge is 0.389 e. The zero-order chi connectivity index (χ0) is 14.0. The molecule has 1 N–H and O–H groups in total. The highest BCUT2D eigenvalue weighted by atomic mass is 16.3. The molecule has 0 saturated carbocycles. The maximum absolute atomic E-state index is 9.90. The molecule has 4 nitrogen and oxygen atoms in total. The molecule has 0 bridgehead atoms. The minimum Gasteiger partial charge on any atom is -0.389 e. The number of nitriles is 1. The Morgan fingerprint density at radius 2 is 2.16 bits per heavy atom. The van der Waals surface area contributed by atoms with E-state index in [-0.39, 0.29) is 0 Å². The average Bonchev–Trinajstić information content (AvgIpc) is 2.41. The van der Waals surface area contributed by atoms with Gasteiger partial charge in [0, 0.05) is 36.9 Å². The van der Waals surface area contributed by atoms with Crippen molar-refractivity contribution in [3.63, 3.8) is 0 Å². The number of benzene rings is 1. The first-order valence-electron chi connectivity index (χ1n) is 6.70. The summed E-state index contributed by atoms with van der Waals surface area (Å²) in [5.74, 6) is 0. The van der Waals surface area contributed by atoms with Crippen LogP contribution in [0.3, 0.4) is 0 Å². The second kappa shape index (κ2) is 5.60. The number of aliphatic hydroxyl groups excluding tert-OH is 1. The smallest absolute Gasteiger partial charge is 0.0992 e. The van der Waals surface area contributed by atoms with E-state index in [1.165, 1.54) is 0 Å². The van der Waals surface area contributed by atoms with E-state index in [1.807, 2.05) is 12.1 Å². The van der Waals surface area contributed by atoms with Crippen molar-refractivity contribution in [3.8, 4) is 6.07 Å². The van der Waals surface area contributed by atoms with E-state index < -0.39 is 6.10 Å². The molecule has 2 atom stereocenters. The number of likely N-dealkylation sites (N-methyl/N-ethyl adjacent to an activating group) is 1. The molecule has 2 rings (SSSR count). The Morgan fingerprint density at radius 3 is 2.74 bits per heavy atom. The van der Waals surface area contributed by atoms with Crippen molar-refractivity contribution in [3.05, 3.63) is 29.3 Å². The zero-order valence-electron chi connectivity index (χ0n) is 11.8. The van der Waals surface area contributed by atoms with Crippen LogP contribution >= 0.6 is 0 Å².